The molecule has 1 saturated heterocycles. The first-order valence-corrected chi connectivity index (χ1v) is 14.4. The lowest BCUT2D eigenvalue weighted by molar-refractivity contribution is 0.0411. The van der Waals surface area contributed by atoms with Crippen LogP contribution in [0.15, 0.2) is 42.5 Å². The van der Waals surface area contributed by atoms with Crippen molar-refractivity contribution in [2.75, 3.05) is 33.4 Å². The molecule has 0 aliphatic carbocycles. The maximum Gasteiger partial charge on any atom is 0.407 e. The van der Waals surface area contributed by atoms with Gasteiger partial charge in [-0.2, -0.15) is 0 Å². The smallest absolute Gasteiger partial charge is 0.407 e. The monoisotopic (exact) mass is 567 g/mol. The first-order chi connectivity index (χ1) is 19.3. The van der Waals surface area contributed by atoms with Crippen LogP contribution in [-0.2, 0) is 15.9 Å². The normalized spacial score (nSPS) is 20.7. The Morgan fingerprint density at radius 1 is 0.951 bits per heavy atom. The van der Waals surface area contributed by atoms with E-state index in [-0.39, 0.29) is 24.6 Å². The fourth-order valence-electron chi connectivity index (χ4n) is 5.60. The lowest BCUT2D eigenvalue weighted by atomic mass is 9.78. The van der Waals surface area contributed by atoms with Gasteiger partial charge in [0, 0.05) is 31.1 Å². The lowest BCUT2D eigenvalue weighted by Crippen LogP contribution is -2.53. The lowest BCUT2D eigenvalue weighted by Gasteiger charge is -2.47. The Kier molecular flexibility index (Phi) is 9.37. The molecule has 2 heterocycles. The van der Waals surface area contributed by atoms with Gasteiger partial charge in [0.25, 0.3) is 0 Å². The highest BCUT2D eigenvalue weighted by Gasteiger charge is 2.41. The predicted molar refractivity (Wildman–Crippen MR) is 158 cm³/mol. The molecule has 2 aliphatic rings. The molecule has 2 N–H and O–H groups in total. The maximum atomic E-state index is 12.9. The van der Waals surface area contributed by atoms with Crippen LogP contribution in [0.1, 0.15) is 76.6 Å². The second-order valence-corrected chi connectivity index (χ2v) is 12.7. The number of fused-ring (bicyclic) bond motifs is 3. The van der Waals surface area contributed by atoms with Crippen molar-refractivity contribution >= 4 is 12.2 Å². The number of piperidine rings is 1. The van der Waals surface area contributed by atoms with E-state index in [0.29, 0.717) is 18.0 Å². The fraction of sp³-hybridized carbons (Fsp3) is 0.562. The van der Waals surface area contributed by atoms with Crippen LogP contribution in [0.25, 0.3) is 0 Å². The first kappa shape index (κ1) is 30.5. The van der Waals surface area contributed by atoms with Crippen LogP contribution in [-0.4, -0.2) is 67.7 Å². The van der Waals surface area contributed by atoms with E-state index in [1.807, 2.05) is 59.7 Å². The fourth-order valence-corrected chi connectivity index (χ4v) is 5.60. The predicted octanol–water partition coefficient (Wildman–Crippen LogP) is 5.58. The van der Waals surface area contributed by atoms with Gasteiger partial charge in [0.2, 0.25) is 0 Å². The SMILES string of the molecule is COc1cc2c(cc1OCCNC(=O)OC(C)(C)C)CCN1C[C@@H](c3ccccc3)[C@H](NC(=O)OC(C)(C)C)C[C@H]21. The Balaban J connectivity index is 1.50. The number of nitrogens with one attached hydrogen (secondary N) is 2. The molecule has 0 saturated carbocycles. The molecule has 2 aliphatic heterocycles. The molecule has 2 aromatic carbocycles. The van der Waals surface area contributed by atoms with E-state index in [4.69, 9.17) is 18.9 Å². The second kappa shape index (κ2) is 12.6. The molecule has 1 fully saturated rings. The second-order valence-electron chi connectivity index (χ2n) is 12.7. The van der Waals surface area contributed by atoms with Crippen molar-refractivity contribution in [2.45, 2.75) is 83.6 Å². The van der Waals surface area contributed by atoms with Crippen LogP contribution in [0.5, 0.6) is 11.5 Å². The molecular weight excluding hydrogens is 522 g/mol. The van der Waals surface area contributed by atoms with Crippen molar-refractivity contribution < 1.29 is 28.5 Å². The number of alkyl carbamates (subject to hydrolysis) is 2. The minimum atomic E-state index is -0.573. The first-order valence-electron chi connectivity index (χ1n) is 14.4. The third kappa shape index (κ3) is 8.28. The number of amides is 2. The Morgan fingerprint density at radius 3 is 2.29 bits per heavy atom. The van der Waals surface area contributed by atoms with E-state index in [0.717, 1.165) is 25.9 Å². The highest BCUT2D eigenvalue weighted by Crippen LogP contribution is 2.44. The molecule has 9 heteroatoms. The van der Waals surface area contributed by atoms with Gasteiger partial charge in [-0.05, 0) is 83.2 Å². The van der Waals surface area contributed by atoms with Gasteiger partial charge in [0.15, 0.2) is 11.5 Å². The molecular formula is C32H45N3O6. The molecule has 9 nitrogen and oxygen atoms in total. The summed E-state index contributed by atoms with van der Waals surface area (Å²) in [4.78, 5) is 27.3. The number of ether oxygens (including phenoxy) is 4. The zero-order valence-electron chi connectivity index (χ0n) is 25.4. The van der Waals surface area contributed by atoms with E-state index in [9.17, 15) is 9.59 Å². The van der Waals surface area contributed by atoms with Crippen molar-refractivity contribution in [2.24, 2.45) is 0 Å². The Bertz CT molecular complexity index is 1200. The topological polar surface area (TPSA) is 98.4 Å². The van der Waals surface area contributed by atoms with Crippen LogP contribution in [0.4, 0.5) is 9.59 Å². The zero-order valence-corrected chi connectivity index (χ0v) is 25.4. The highest BCUT2D eigenvalue weighted by atomic mass is 16.6. The number of carbonyl (C=O) groups is 2. The highest BCUT2D eigenvalue weighted by molar-refractivity contribution is 5.68. The number of methoxy groups -OCH3 is 1. The summed E-state index contributed by atoms with van der Waals surface area (Å²) < 4.78 is 22.7. The number of rotatable bonds is 7. The molecule has 3 atom stereocenters. The van der Waals surface area contributed by atoms with Crippen molar-refractivity contribution in [3.63, 3.8) is 0 Å². The molecule has 2 aromatic rings. The summed E-state index contributed by atoms with van der Waals surface area (Å²) in [5.41, 5.74) is 2.48. The molecule has 0 aromatic heterocycles. The van der Waals surface area contributed by atoms with Gasteiger partial charge in [-0.15, -0.1) is 0 Å². The minimum absolute atomic E-state index is 0.0969. The summed E-state index contributed by atoms with van der Waals surface area (Å²) >= 11 is 0. The van der Waals surface area contributed by atoms with E-state index >= 15 is 0 Å². The minimum Gasteiger partial charge on any atom is -0.493 e. The average molecular weight is 568 g/mol. The third-order valence-corrected chi connectivity index (χ3v) is 7.25. The van der Waals surface area contributed by atoms with Crippen molar-refractivity contribution in [3.05, 3.63) is 59.2 Å². The standard InChI is InChI=1S/C32H45N3O6/c1-31(2,3)40-29(36)33-14-16-39-28-17-22-13-15-35-20-24(21-11-9-8-10-12-21)25(34-30(37)41-32(4,5)6)19-26(35)23(22)18-27(28)38-7/h8-12,17-18,24-26H,13-16,19-20H2,1-7H3,(H,33,36)(H,34,37)/t24-,25+,26+/m0/s1. The van der Waals surface area contributed by atoms with Crippen molar-refractivity contribution in [3.8, 4) is 11.5 Å². The van der Waals surface area contributed by atoms with Gasteiger partial charge in [-0.25, -0.2) is 9.59 Å². The van der Waals surface area contributed by atoms with Gasteiger partial charge in [0.05, 0.1) is 13.7 Å². The van der Waals surface area contributed by atoms with Crippen LogP contribution in [0.3, 0.4) is 0 Å². The Labute approximate surface area is 243 Å². The van der Waals surface area contributed by atoms with Gasteiger partial charge in [0.1, 0.15) is 17.8 Å². The summed E-state index contributed by atoms with van der Waals surface area (Å²) in [6, 6.07) is 14.5. The van der Waals surface area contributed by atoms with Crippen molar-refractivity contribution in [1.82, 2.24) is 15.5 Å². The summed E-state index contributed by atoms with van der Waals surface area (Å²) in [5, 5.41) is 5.92. The van der Waals surface area contributed by atoms with Gasteiger partial charge in [-0.1, -0.05) is 30.3 Å². The molecule has 0 unspecified atom stereocenters. The van der Waals surface area contributed by atoms with E-state index < -0.39 is 23.4 Å². The van der Waals surface area contributed by atoms with Gasteiger partial charge in [-0.3, -0.25) is 4.90 Å². The largest absolute Gasteiger partial charge is 0.493 e. The maximum absolute atomic E-state index is 12.9. The molecule has 2 amide bonds. The number of hydrogen-bond donors (Lipinski definition) is 2. The van der Waals surface area contributed by atoms with Crippen LogP contribution >= 0.6 is 0 Å². The summed E-state index contributed by atoms with van der Waals surface area (Å²) in [6.07, 6.45) is 0.761. The number of carbonyl (C=O) groups excluding carboxylic acids is 2. The molecule has 4 rings (SSSR count). The van der Waals surface area contributed by atoms with Crippen LogP contribution in [0, 0.1) is 0 Å². The number of benzene rings is 2. The van der Waals surface area contributed by atoms with E-state index in [1.165, 1.54) is 16.7 Å². The van der Waals surface area contributed by atoms with E-state index in [2.05, 4.69) is 39.8 Å². The zero-order chi connectivity index (χ0) is 29.8. The summed E-state index contributed by atoms with van der Waals surface area (Å²) in [6.45, 7) is 13.4. The Morgan fingerprint density at radius 2 is 1.63 bits per heavy atom. The number of hydrogen-bond acceptors (Lipinski definition) is 7. The molecule has 0 spiro atoms. The summed E-state index contributed by atoms with van der Waals surface area (Å²) in [5.74, 6) is 1.43. The summed E-state index contributed by atoms with van der Waals surface area (Å²) in [7, 11) is 1.63. The third-order valence-electron chi connectivity index (χ3n) is 7.25. The molecule has 0 bridgehead atoms. The van der Waals surface area contributed by atoms with Gasteiger partial charge >= 0.3 is 12.2 Å². The molecule has 224 valence electrons. The molecule has 0 radical (unpaired) electrons. The van der Waals surface area contributed by atoms with Crippen molar-refractivity contribution in [1.29, 1.82) is 0 Å². The Hall–Kier alpha value is -3.46. The van der Waals surface area contributed by atoms with Gasteiger partial charge < -0.3 is 29.6 Å². The quantitative estimate of drug-likeness (QED) is 0.422. The van der Waals surface area contributed by atoms with E-state index in [1.54, 1.807) is 7.11 Å². The average Bonchev–Trinajstić information content (AvgIpc) is 2.88. The van der Waals surface area contributed by atoms with Crippen LogP contribution < -0.4 is 20.1 Å². The van der Waals surface area contributed by atoms with Crippen LogP contribution in [0.2, 0.25) is 0 Å². The number of nitrogens with zero attached hydrogens (tertiary/aromatic N) is 1. The molecule has 41 heavy (non-hydrogen) atoms.